The van der Waals surface area contributed by atoms with Crippen LogP contribution >= 0.6 is 11.6 Å². The summed E-state index contributed by atoms with van der Waals surface area (Å²) in [5.74, 6) is 0.338. The first-order valence-electron chi connectivity index (χ1n) is 5.09. The van der Waals surface area contributed by atoms with Crippen LogP contribution in [0.25, 0.3) is 6.08 Å². The molecule has 1 unspecified atom stereocenters. The number of rotatable bonds is 0. The highest BCUT2D eigenvalue weighted by Gasteiger charge is 2.37. The maximum atomic E-state index is 5.91. The SMILES string of the molecule is Clc1ccc2c(c1)C=CC1(CCCO1)O2. The van der Waals surface area contributed by atoms with E-state index >= 15 is 0 Å². The first-order chi connectivity index (χ1) is 7.27. The Hall–Kier alpha value is -0.990. The van der Waals surface area contributed by atoms with Gasteiger partial charge < -0.3 is 9.47 Å². The smallest absolute Gasteiger partial charge is 0.230 e. The maximum Gasteiger partial charge on any atom is 0.230 e. The summed E-state index contributed by atoms with van der Waals surface area (Å²) in [7, 11) is 0. The van der Waals surface area contributed by atoms with Gasteiger partial charge in [-0.1, -0.05) is 11.6 Å². The zero-order valence-electron chi connectivity index (χ0n) is 8.20. The van der Waals surface area contributed by atoms with E-state index in [-0.39, 0.29) is 0 Å². The molecule has 2 nitrogen and oxygen atoms in total. The fraction of sp³-hybridized carbons (Fsp3) is 0.333. The molecule has 1 saturated heterocycles. The van der Waals surface area contributed by atoms with Crippen LogP contribution in [0.5, 0.6) is 5.75 Å². The van der Waals surface area contributed by atoms with E-state index in [4.69, 9.17) is 21.1 Å². The first kappa shape index (κ1) is 9.25. The molecule has 3 heteroatoms. The molecule has 0 bridgehead atoms. The van der Waals surface area contributed by atoms with Gasteiger partial charge in [0.15, 0.2) is 0 Å². The Morgan fingerprint density at radius 1 is 1.33 bits per heavy atom. The molecule has 0 aliphatic carbocycles. The van der Waals surface area contributed by atoms with Crippen LogP contribution < -0.4 is 4.74 Å². The van der Waals surface area contributed by atoms with Crippen molar-refractivity contribution in [3.8, 4) is 5.75 Å². The van der Waals surface area contributed by atoms with E-state index in [2.05, 4.69) is 0 Å². The number of ether oxygens (including phenoxy) is 2. The predicted molar refractivity (Wildman–Crippen MR) is 59.0 cm³/mol. The molecule has 0 amide bonds. The molecule has 2 aliphatic heterocycles. The average Bonchev–Trinajstić information content (AvgIpc) is 2.67. The summed E-state index contributed by atoms with van der Waals surface area (Å²) in [6.45, 7) is 0.771. The minimum absolute atomic E-state index is 0.513. The molecule has 1 aromatic carbocycles. The predicted octanol–water partition coefficient (Wildman–Crippen LogP) is 3.25. The molecule has 0 radical (unpaired) electrons. The molecule has 2 aliphatic rings. The van der Waals surface area contributed by atoms with Gasteiger partial charge in [0.25, 0.3) is 0 Å². The second kappa shape index (κ2) is 3.26. The zero-order valence-corrected chi connectivity index (χ0v) is 8.96. The fourth-order valence-electron chi connectivity index (χ4n) is 2.03. The summed E-state index contributed by atoms with van der Waals surface area (Å²) in [6, 6.07) is 5.63. The molecule has 1 aromatic rings. The Bertz CT molecular complexity index is 420. The third-order valence-electron chi connectivity index (χ3n) is 2.79. The Labute approximate surface area is 93.5 Å². The Morgan fingerprint density at radius 2 is 2.27 bits per heavy atom. The van der Waals surface area contributed by atoms with Crippen LogP contribution in [0.4, 0.5) is 0 Å². The Kier molecular flexibility index (Phi) is 2.01. The van der Waals surface area contributed by atoms with Crippen molar-refractivity contribution in [2.45, 2.75) is 18.6 Å². The number of halogens is 1. The molecule has 3 rings (SSSR count). The molecular weight excluding hydrogens is 212 g/mol. The summed E-state index contributed by atoms with van der Waals surface area (Å²) in [6.07, 6.45) is 5.98. The molecular formula is C12H11ClO2. The van der Waals surface area contributed by atoms with Gasteiger partial charge in [-0.2, -0.15) is 0 Å². The largest absolute Gasteiger partial charge is 0.458 e. The number of hydrogen-bond acceptors (Lipinski definition) is 2. The second-order valence-electron chi connectivity index (χ2n) is 3.88. The van der Waals surface area contributed by atoms with Gasteiger partial charge in [0.2, 0.25) is 5.79 Å². The van der Waals surface area contributed by atoms with E-state index in [0.29, 0.717) is 0 Å². The van der Waals surface area contributed by atoms with Crippen LogP contribution in [0.15, 0.2) is 24.3 Å². The lowest BCUT2D eigenvalue weighted by atomic mass is 10.1. The molecule has 0 aromatic heterocycles. The van der Waals surface area contributed by atoms with Crippen LogP contribution in [-0.4, -0.2) is 12.4 Å². The third kappa shape index (κ3) is 1.54. The Morgan fingerprint density at radius 3 is 3.07 bits per heavy atom. The molecule has 1 fully saturated rings. The lowest BCUT2D eigenvalue weighted by Gasteiger charge is -2.30. The maximum absolute atomic E-state index is 5.91. The van der Waals surface area contributed by atoms with E-state index < -0.39 is 5.79 Å². The zero-order chi connectivity index (χ0) is 10.3. The van der Waals surface area contributed by atoms with Gasteiger partial charge in [-0.3, -0.25) is 0 Å². The monoisotopic (exact) mass is 222 g/mol. The quantitative estimate of drug-likeness (QED) is 0.671. The van der Waals surface area contributed by atoms with Gasteiger partial charge in [0.1, 0.15) is 5.75 Å². The molecule has 78 valence electrons. The van der Waals surface area contributed by atoms with E-state index in [1.54, 1.807) is 0 Å². The lowest BCUT2D eigenvalue weighted by Crippen LogP contribution is -2.34. The standard InChI is InChI=1S/C12H11ClO2/c13-10-2-3-11-9(8-10)4-6-12(15-11)5-1-7-14-12/h2-4,6,8H,1,5,7H2. The topological polar surface area (TPSA) is 18.5 Å². The highest BCUT2D eigenvalue weighted by molar-refractivity contribution is 6.30. The van der Waals surface area contributed by atoms with Gasteiger partial charge in [0, 0.05) is 17.0 Å². The number of fused-ring (bicyclic) bond motifs is 1. The van der Waals surface area contributed by atoms with E-state index in [1.165, 1.54) is 0 Å². The van der Waals surface area contributed by atoms with Gasteiger partial charge in [-0.05, 0) is 36.8 Å². The second-order valence-corrected chi connectivity index (χ2v) is 4.32. The minimum Gasteiger partial charge on any atom is -0.458 e. The summed E-state index contributed by atoms with van der Waals surface area (Å²) in [5, 5.41) is 0.727. The van der Waals surface area contributed by atoms with Crippen molar-refractivity contribution < 1.29 is 9.47 Å². The molecule has 0 N–H and O–H groups in total. The molecule has 15 heavy (non-hydrogen) atoms. The van der Waals surface area contributed by atoms with Crippen molar-refractivity contribution in [1.29, 1.82) is 0 Å². The van der Waals surface area contributed by atoms with Crippen LogP contribution in [-0.2, 0) is 4.74 Å². The number of benzene rings is 1. The van der Waals surface area contributed by atoms with Crippen molar-refractivity contribution >= 4 is 17.7 Å². The van der Waals surface area contributed by atoms with Crippen LogP contribution in [0.2, 0.25) is 5.02 Å². The minimum atomic E-state index is -0.513. The summed E-state index contributed by atoms with van der Waals surface area (Å²) >= 11 is 5.91. The highest BCUT2D eigenvalue weighted by Crippen LogP contribution is 2.38. The van der Waals surface area contributed by atoms with Crippen molar-refractivity contribution in [3.63, 3.8) is 0 Å². The normalized spacial score (nSPS) is 27.8. The summed E-state index contributed by atoms with van der Waals surface area (Å²) < 4.78 is 11.5. The fourth-order valence-corrected chi connectivity index (χ4v) is 2.21. The average molecular weight is 223 g/mol. The van der Waals surface area contributed by atoms with Crippen molar-refractivity contribution in [2.75, 3.05) is 6.61 Å². The van der Waals surface area contributed by atoms with Gasteiger partial charge in [0.05, 0.1) is 6.61 Å². The van der Waals surface area contributed by atoms with E-state index in [0.717, 1.165) is 35.8 Å². The molecule has 1 spiro atoms. The molecule has 1 atom stereocenters. The van der Waals surface area contributed by atoms with Gasteiger partial charge in [-0.25, -0.2) is 0 Å². The van der Waals surface area contributed by atoms with Crippen molar-refractivity contribution in [2.24, 2.45) is 0 Å². The van der Waals surface area contributed by atoms with Crippen LogP contribution in [0.1, 0.15) is 18.4 Å². The van der Waals surface area contributed by atoms with Crippen molar-refractivity contribution in [1.82, 2.24) is 0 Å². The number of hydrogen-bond donors (Lipinski definition) is 0. The summed E-state index contributed by atoms with van der Waals surface area (Å²) in [5.41, 5.74) is 1.02. The third-order valence-corrected chi connectivity index (χ3v) is 3.02. The van der Waals surface area contributed by atoms with E-state index in [1.807, 2.05) is 30.4 Å². The molecule has 0 saturated carbocycles. The Balaban J connectivity index is 2.00. The van der Waals surface area contributed by atoms with Gasteiger partial charge >= 0.3 is 0 Å². The van der Waals surface area contributed by atoms with Crippen LogP contribution in [0, 0.1) is 0 Å². The van der Waals surface area contributed by atoms with Crippen LogP contribution in [0.3, 0.4) is 0 Å². The lowest BCUT2D eigenvalue weighted by molar-refractivity contribution is -0.110. The first-order valence-corrected chi connectivity index (χ1v) is 5.47. The summed E-state index contributed by atoms with van der Waals surface area (Å²) in [4.78, 5) is 0. The molecule has 2 heterocycles. The van der Waals surface area contributed by atoms with Gasteiger partial charge in [-0.15, -0.1) is 0 Å². The van der Waals surface area contributed by atoms with Crippen molar-refractivity contribution in [3.05, 3.63) is 34.9 Å². The van der Waals surface area contributed by atoms with E-state index in [9.17, 15) is 0 Å². The highest BCUT2D eigenvalue weighted by atomic mass is 35.5.